The highest BCUT2D eigenvalue weighted by Crippen LogP contribution is 2.01. The molecule has 2 atom stereocenters. The van der Waals surface area contributed by atoms with Gasteiger partial charge < -0.3 is 21.7 Å². The maximum atomic E-state index is 9.55. The summed E-state index contributed by atoms with van der Waals surface area (Å²) in [6.45, 7) is 4.04. The Kier molecular flexibility index (Phi) is 22.6. The van der Waals surface area contributed by atoms with Gasteiger partial charge in [0.2, 0.25) is 0 Å². The number of carbonyl (C=O) groups is 2. The summed E-state index contributed by atoms with van der Waals surface area (Å²) in [7, 11) is -9.33. The third-order valence-corrected chi connectivity index (χ3v) is 3.17. The highest BCUT2D eigenvalue weighted by molar-refractivity contribution is 7.80. The van der Waals surface area contributed by atoms with Crippen molar-refractivity contribution in [1.29, 1.82) is 0 Å². The molecule has 0 amide bonds. The van der Waals surface area contributed by atoms with Gasteiger partial charge in [-0.25, -0.2) is 9.59 Å². The highest BCUT2D eigenvalue weighted by atomic mass is 32.3. The van der Waals surface area contributed by atoms with Crippen molar-refractivity contribution in [3.8, 4) is 0 Å². The zero-order valence-electron chi connectivity index (χ0n) is 20.6. The number of aliphatic carboxylic acids is 2. The lowest BCUT2D eigenvalue weighted by Gasteiger charge is -2.02. The number of rotatable bonds is 6. The molecule has 216 valence electrons. The standard InChI is InChI=1S/2C9H13N.C4H4O4.2H2O4S/c2*1-8(10)7-9-5-3-2-4-6-9;5-3(6)1-2-4(7)8;2*1-5(2,3)4/h2*2-6,8H,7,10H2,1H3;1-2H,(H,5,6)(H,7,8);2*(H2,1,2,3,4)/b;;2-1-;;/t2*8-;;;/m00.../s1. The first-order chi connectivity index (χ1) is 17.2. The molecule has 0 aliphatic carbocycles. The van der Waals surface area contributed by atoms with Crippen molar-refractivity contribution in [1.82, 2.24) is 0 Å². The molecule has 0 heterocycles. The first-order valence-corrected chi connectivity index (χ1v) is 13.1. The van der Waals surface area contributed by atoms with E-state index in [2.05, 4.69) is 24.3 Å². The number of nitrogens with two attached hydrogens (primary N) is 2. The molecule has 0 unspecified atom stereocenters. The first kappa shape index (κ1) is 39.3. The van der Waals surface area contributed by atoms with Crippen LogP contribution in [0.3, 0.4) is 0 Å². The van der Waals surface area contributed by atoms with Crippen LogP contribution in [0.25, 0.3) is 0 Å². The summed E-state index contributed by atoms with van der Waals surface area (Å²) in [4.78, 5) is 19.1. The van der Waals surface area contributed by atoms with Gasteiger partial charge in [-0.05, 0) is 37.8 Å². The third-order valence-electron chi connectivity index (χ3n) is 3.17. The Morgan fingerprint density at radius 1 is 0.658 bits per heavy atom. The molecule has 10 N–H and O–H groups in total. The smallest absolute Gasteiger partial charge is 0.394 e. The summed E-state index contributed by atoms with van der Waals surface area (Å²) in [6.07, 6.45) is 3.06. The summed E-state index contributed by atoms with van der Waals surface area (Å²) < 4.78 is 63.2. The van der Waals surface area contributed by atoms with Gasteiger partial charge in [-0.15, -0.1) is 0 Å². The van der Waals surface area contributed by atoms with Gasteiger partial charge in [0.1, 0.15) is 0 Å². The average Bonchev–Trinajstić information content (AvgIpc) is 2.71. The van der Waals surface area contributed by atoms with Crippen molar-refractivity contribution in [3.63, 3.8) is 0 Å². The Morgan fingerprint density at radius 2 is 0.868 bits per heavy atom. The zero-order chi connectivity index (χ0) is 30.4. The minimum Gasteiger partial charge on any atom is -0.478 e. The van der Waals surface area contributed by atoms with Crippen molar-refractivity contribution in [2.75, 3.05) is 0 Å². The van der Waals surface area contributed by atoms with Crippen molar-refractivity contribution < 1.29 is 54.8 Å². The van der Waals surface area contributed by atoms with Gasteiger partial charge >= 0.3 is 32.7 Å². The summed E-state index contributed by atoms with van der Waals surface area (Å²) in [5, 5.41) is 15.6. The van der Waals surface area contributed by atoms with Gasteiger partial charge in [-0.2, -0.15) is 16.8 Å². The molecule has 2 aromatic rings. The van der Waals surface area contributed by atoms with E-state index in [1.807, 2.05) is 50.2 Å². The second-order valence-corrected chi connectivity index (χ2v) is 9.03. The minimum atomic E-state index is -4.67. The van der Waals surface area contributed by atoms with E-state index in [0.29, 0.717) is 12.2 Å². The van der Waals surface area contributed by atoms with E-state index in [1.54, 1.807) is 0 Å². The van der Waals surface area contributed by atoms with Gasteiger partial charge in [-0.1, -0.05) is 60.7 Å². The Balaban J connectivity index is -0.000000417. The highest BCUT2D eigenvalue weighted by Gasteiger charge is 1.95. The molecule has 16 heteroatoms. The van der Waals surface area contributed by atoms with Gasteiger partial charge in [-0.3, -0.25) is 18.2 Å². The molecule has 2 aromatic carbocycles. The molecule has 2 rings (SSSR count). The van der Waals surface area contributed by atoms with Crippen LogP contribution in [0.1, 0.15) is 25.0 Å². The Bertz CT molecular complexity index is 1030. The molecule has 0 saturated carbocycles. The SMILES string of the molecule is C[C@H](N)Cc1ccccc1.C[C@H](N)Cc1ccccc1.O=C(O)/C=C\C(=O)O.O=S(=O)(O)O.O=S(=O)(O)O. The maximum Gasteiger partial charge on any atom is 0.394 e. The van der Waals surface area contributed by atoms with Gasteiger partial charge in [0.05, 0.1) is 0 Å². The molecule has 0 aliphatic rings. The van der Waals surface area contributed by atoms with E-state index in [1.165, 1.54) is 11.1 Å². The largest absolute Gasteiger partial charge is 0.478 e. The van der Waals surface area contributed by atoms with E-state index in [9.17, 15) is 9.59 Å². The lowest BCUT2D eigenvalue weighted by Crippen LogP contribution is -2.17. The van der Waals surface area contributed by atoms with Crippen LogP contribution in [0.5, 0.6) is 0 Å². The Morgan fingerprint density at radius 3 is 1.03 bits per heavy atom. The van der Waals surface area contributed by atoms with E-state index >= 15 is 0 Å². The number of benzene rings is 2. The molecular weight excluding hydrogens is 548 g/mol. The molecule has 0 spiro atoms. The molecule has 0 bridgehead atoms. The lowest BCUT2D eigenvalue weighted by atomic mass is 10.1. The lowest BCUT2D eigenvalue weighted by molar-refractivity contribution is -0.134. The van der Waals surface area contributed by atoms with E-state index < -0.39 is 32.7 Å². The van der Waals surface area contributed by atoms with E-state index in [-0.39, 0.29) is 12.1 Å². The second kappa shape index (κ2) is 21.8. The molecular formula is C22H34N2O12S2. The molecule has 0 fully saturated rings. The van der Waals surface area contributed by atoms with Crippen LogP contribution in [-0.2, 0) is 43.2 Å². The van der Waals surface area contributed by atoms with Crippen molar-refractivity contribution >= 4 is 32.7 Å². The predicted octanol–water partition coefficient (Wildman–Crippen LogP) is 1.56. The summed E-state index contributed by atoms with van der Waals surface area (Å²) >= 11 is 0. The number of hydrogen-bond acceptors (Lipinski definition) is 8. The predicted molar refractivity (Wildman–Crippen MR) is 140 cm³/mol. The van der Waals surface area contributed by atoms with E-state index in [0.717, 1.165) is 12.8 Å². The number of hydrogen-bond donors (Lipinski definition) is 8. The summed E-state index contributed by atoms with van der Waals surface area (Å²) in [6, 6.07) is 21.1. The van der Waals surface area contributed by atoms with Crippen LogP contribution in [-0.4, -0.2) is 69.3 Å². The Hall–Kier alpha value is -3.22. The number of carboxylic acid groups (broad SMARTS) is 2. The normalized spacial score (nSPS) is 11.9. The maximum absolute atomic E-state index is 9.55. The fourth-order valence-electron chi connectivity index (χ4n) is 2.11. The topological polar surface area (TPSA) is 276 Å². The van der Waals surface area contributed by atoms with Crippen LogP contribution in [0.2, 0.25) is 0 Å². The van der Waals surface area contributed by atoms with Crippen molar-refractivity contribution in [2.24, 2.45) is 11.5 Å². The Labute approximate surface area is 221 Å². The third kappa shape index (κ3) is 49.8. The molecule has 0 radical (unpaired) electrons. The van der Waals surface area contributed by atoms with Gasteiger partial charge in [0.15, 0.2) is 0 Å². The van der Waals surface area contributed by atoms with Gasteiger partial charge in [0.25, 0.3) is 0 Å². The molecule has 0 saturated heterocycles. The first-order valence-electron chi connectivity index (χ1n) is 10.3. The fraction of sp³-hybridized carbons (Fsp3) is 0.273. The van der Waals surface area contributed by atoms with Crippen LogP contribution in [0, 0.1) is 0 Å². The monoisotopic (exact) mass is 582 g/mol. The second-order valence-electron chi connectivity index (χ2n) is 7.24. The quantitative estimate of drug-likeness (QED) is 0.177. The number of carboxylic acids is 2. The molecule has 14 nitrogen and oxygen atoms in total. The van der Waals surface area contributed by atoms with Crippen molar-refractivity contribution in [3.05, 3.63) is 83.9 Å². The fourth-order valence-corrected chi connectivity index (χ4v) is 2.11. The van der Waals surface area contributed by atoms with E-state index in [4.69, 9.17) is 56.7 Å². The molecule has 38 heavy (non-hydrogen) atoms. The van der Waals surface area contributed by atoms with Crippen LogP contribution >= 0.6 is 0 Å². The summed E-state index contributed by atoms with van der Waals surface area (Å²) in [5.41, 5.74) is 13.9. The van der Waals surface area contributed by atoms with Gasteiger partial charge in [0, 0.05) is 24.2 Å². The van der Waals surface area contributed by atoms with Crippen LogP contribution in [0.15, 0.2) is 72.8 Å². The minimum absolute atomic E-state index is 0.266. The van der Waals surface area contributed by atoms with Crippen LogP contribution in [0.4, 0.5) is 0 Å². The molecule has 0 aromatic heterocycles. The summed E-state index contributed by atoms with van der Waals surface area (Å²) in [5.74, 6) is -2.51. The average molecular weight is 583 g/mol. The zero-order valence-corrected chi connectivity index (χ0v) is 22.2. The van der Waals surface area contributed by atoms with Crippen LogP contribution < -0.4 is 11.5 Å². The van der Waals surface area contributed by atoms with Crippen molar-refractivity contribution in [2.45, 2.75) is 38.8 Å². The molecule has 0 aliphatic heterocycles.